The molecule has 0 radical (unpaired) electrons. The van der Waals surface area contributed by atoms with Crippen molar-refractivity contribution in [3.63, 3.8) is 0 Å². The van der Waals surface area contributed by atoms with E-state index in [2.05, 4.69) is 28.3 Å². The SMILES string of the molecule is COc1cc(OC)cc(-c2nnc(SCc3cn4cc(C)ccc4n3)o2)c1. The lowest BCUT2D eigenvalue weighted by atomic mass is 10.2. The van der Waals surface area contributed by atoms with E-state index >= 15 is 0 Å². The zero-order chi connectivity index (χ0) is 18.8. The van der Waals surface area contributed by atoms with Crippen molar-refractivity contribution in [1.82, 2.24) is 19.6 Å². The fraction of sp³-hybridized carbons (Fsp3) is 0.211. The molecule has 3 aromatic heterocycles. The Balaban J connectivity index is 1.50. The summed E-state index contributed by atoms with van der Waals surface area (Å²) in [5, 5.41) is 8.73. The summed E-state index contributed by atoms with van der Waals surface area (Å²) in [4.78, 5) is 4.60. The molecule has 0 fully saturated rings. The molecule has 8 heteroatoms. The van der Waals surface area contributed by atoms with Crippen LogP contribution in [0.4, 0.5) is 0 Å². The summed E-state index contributed by atoms with van der Waals surface area (Å²) in [6.07, 6.45) is 4.07. The minimum Gasteiger partial charge on any atom is -0.497 e. The van der Waals surface area contributed by atoms with E-state index < -0.39 is 0 Å². The van der Waals surface area contributed by atoms with Gasteiger partial charge in [0.1, 0.15) is 17.1 Å². The van der Waals surface area contributed by atoms with Crippen molar-refractivity contribution < 1.29 is 13.9 Å². The molecule has 0 aliphatic carbocycles. The Hall–Kier alpha value is -3.00. The maximum atomic E-state index is 5.78. The van der Waals surface area contributed by atoms with Gasteiger partial charge in [0.2, 0.25) is 5.89 Å². The van der Waals surface area contributed by atoms with Gasteiger partial charge in [-0.2, -0.15) is 0 Å². The van der Waals surface area contributed by atoms with E-state index in [1.54, 1.807) is 20.3 Å². The molecule has 0 amide bonds. The van der Waals surface area contributed by atoms with E-state index in [1.807, 2.05) is 34.9 Å². The second-order valence-corrected chi connectivity index (χ2v) is 6.89. The van der Waals surface area contributed by atoms with Crippen LogP contribution in [0.5, 0.6) is 11.5 Å². The smallest absolute Gasteiger partial charge is 0.277 e. The molecule has 0 aliphatic rings. The highest BCUT2D eigenvalue weighted by atomic mass is 32.2. The van der Waals surface area contributed by atoms with Gasteiger partial charge in [-0.05, 0) is 30.7 Å². The Morgan fingerprint density at radius 3 is 2.56 bits per heavy atom. The van der Waals surface area contributed by atoms with Crippen molar-refractivity contribution in [2.45, 2.75) is 17.9 Å². The number of nitrogens with zero attached hydrogens (tertiary/aromatic N) is 4. The number of hydrogen-bond donors (Lipinski definition) is 0. The largest absolute Gasteiger partial charge is 0.497 e. The third kappa shape index (κ3) is 3.75. The maximum absolute atomic E-state index is 5.78. The molecule has 0 saturated carbocycles. The van der Waals surface area contributed by atoms with Crippen molar-refractivity contribution in [1.29, 1.82) is 0 Å². The van der Waals surface area contributed by atoms with Crippen LogP contribution >= 0.6 is 11.8 Å². The van der Waals surface area contributed by atoms with E-state index in [1.165, 1.54) is 17.3 Å². The van der Waals surface area contributed by atoms with Gasteiger partial charge in [-0.25, -0.2) is 4.98 Å². The molecular formula is C19H18N4O3S. The van der Waals surface area contributed by atoms with Crippen molar-refractivity contribution in [3.05, 3.63) is 54.0 Å². The van der Waals surface area contributed by atoms with Gasteiger partial charge in [0.25, 0.3) is 5.22 Å². The molecule has 4 rings (SSSR count). The van der Waals surface area contributed by atoms with Gasteiger partial charge in [0, 0.05) is 29.8 Å². The molecule has 0 N–H and O–H groups in total. The number of fused-ring (bicyclic) bond motifs is 1. The molecule has 0 saturated heterocycles. The summed E-state index contributed by atoms with van der Waals surface area (Å²) in [5.41, 5.74) is 3.81. The number of methoxy groups -OCH3 is 2. The molecule has 27 heavy (non-hydrogen) atoms. The Bertz CT molecular complexity index is 1070. The lowest BCUT2D eigenvalue weighted by Gasteiger charge is -2.05. The van der Waals surface area contributed by atoms with Crippen LogP contribution in [0.3, 0.4) is 0 Å². The molecule has 0 spiro atoms. The molecule has 138 valence electrons. The normalized spacial score (nSPS) is 11.1. The predicted octanol–water partition coefficient (Wildman–Crippen LogP) is 4.00. The number of imidazole rings is 1. The molecule has 0 bridgehead atoms. The predicted molar refractivity (Wildman–Crippen MR) is 102 cm³/mol. The number of ether oxygens (including phenoxy) is 2. The van der Waals surface area contributed by atoms with E-state index in [0.29, 0.717) is 28.4 Å². The number of benzene rings is 1. The fourth-order valence-corrected chi connectivity index (χ4v) is 3.32. The van der Waals surface area contributed by atoms with Gasteiger partial charge in [0.05, 0.1) is 19.9 Å². The van der Waals surface area contributed by atoms with Crippen LogP contribution in [0, 0.1) is 6.92 Å². The monoisotopic (exact) mass is 382 g/mol. The highest BCUT2D eigenvalue weighted by Gasteiger charge is 2.13. The number of aryl methyl sites for hydroxylation is 1. The van der Waals surface area contributed by atoms with Crippen molar-refractivity contribution in [2.24, 2.45) is 0 Å². The van der Waals surface area contributed by atoms with E-state index in [-0.39, 0.29) is 0 Å². The molecule has 0 atom stereocenters. The van der Waals surface area contributed by atoms with Crippen LogP contribution in [0.2, 0.25) is 0 Å². The number of pyridine rings is 1. The van der Waals surface area contributed by atoms with E-state index in [0.717, 1.165) is 16.9 Å². The van der Waals surface area contributed by atoms with Crippen LogP contribution in [-0.2, 0) is 5.75 Å². The standard InChI is InChI=1S/C19H18N4O3S/c1-12-4-5-17-20-14(10-23(17)9-12)11-27-19-22-21-18(26-19)13-6-15(24-2)8-16(7-13)25-3/h4-10H,11H2,1-3H3. The van der Waals surface area contributed by atoms with Gasteiger partial charge in [-0.1, -0.05) is 17.8 Å². The van der Waals surface area contributed by atoms with Gasteiger partial charge in [0.15, 0.2) is 0 Å². The van der Waals surface area contributed by atoms with Crippen LogP contribution in [-0.4, -0.2) is 33.8 Å². The van der Waals surface area contributed by atoms with Crippen LogP contribution in [0.15, 0.2) is 52.4 Å². The molecule has 3 heterocycles. The van der Waals surface area contributed by atoms with Gasteiger partial charge >= 0.3 is 0 Å². The summed E-state index contributed by atoms with van der Waals surface area (Å²) in [5.74, 6) is 2.39. The topological polar surface area (TPSA) is 74.7 Å². The Morgan fingerprint density at radius 2 is 1.81 bits per heavy atom. The highest BCUT2D eigenvalue weighted by molar-refractivity contribution is 7.98. The van der Waals surface area contributed by atoms with E-state index in [9.17, 15) is 0 Å². The molecule has 1 aromatic carbocycles. The lowest BCUT2D eigenvalue weighted by molar-refractivity contribution is 0.394. The first kappa shape index (κ1) is 17.4. The second kappa shape index (κ2) is 7.32. The molecular weight excluding hydrogens is 364 g/mol. The first-order valence-electron chi connectivity index (χ1n) is 8.28. The summed E-state index contributed by atoms with van der Waals surface area (Å²) in [7, 11) is 3.20. The minimum atomic E-state index is 0.417. The molecule has 0 unspecified atom stereocenters. The average Bonchev–Trinajstić information content (AvgIpc) is 3.32. The van der Waals surface area contributed by atoms with Crippen molar-refractivity contribution >= 4 is 17.4 Å². The summed E-state index contributed by atoms with van der Waals surface area (Å²) < 4.78 is 18.4. The van der Waals surface area contributed by atoms with Crippen LogP contribution in [0.25, 0.3) is 17.1 Å². The Labute approximate surface area is 160 Å². The first-order valence-corrected chi connectivity index (χ1v) is 9.27. The van der Waals surface area contributed by atoms with Gasteiger partial charge in [-0.3, -0.25) is 0 Å². The third-order valence-corrected chi connectivity index (χ3v) is 4.85. The number of thioether (sulfide) groups is 1. The summed E-state index contributed by atoms with van der Waals surface area (Å²) in [6, 6.07) is 9.50. The van der Waals surface area contributed by atoms with Gasteiger partial charge in [-0.15, -0.1) is 10.2 Å². The lowest BCUT2D eigenvalue weighted by Crippen LogP contribution is -1.88. The number of aromatic nitrogens is 4. The van der Waals surface area contributed by atoms with Gasteiger partial charge < -0.3 is 18.3 Å². The van der Waals surface area contributed by atoms with Crippen LogP contribution in [0.1, 0.15) is 11.3 Å². The minimum absolute atomic E-state index is 0.417. The third-order valence-electron chi connectivity index (χ3n) is 4.00. The molecule has 0 aliphatic heterocycles. The summed E-state index contributed by atoms with van der Waals surface area (Å²) in [6.45, 7) is 2.06. The molecule has 7 nitrogen and oxygen atoms in total. The zero-order valence-corrected chi connectivity index (χ0v) is 16.0. The number of rotatable bonds is 6. The average molecular weight is 382 g/mol. The molecule has 4 aromatic rings. The second-order valence-electron chi connectivity index (χ2n) is 5.97. The highest BCUT2D eigenvalue weighted by Crippen LogP contribution is 2.31. The quantitative estimate of drug-likeness (QED) is 0.467. The van der Waals surface area contributed by atoms with E-state index in [4.69, 9.17) is 13.9 Å². The van der Waals surface area contributed by atoms with Crippen molar-refractivity contribution in [3.8, 4) is 23.0 Å². The van der Waals surface area contributed by atoms with Crippen LogP contribution < -0.4 is 9.47 Å². The summed E-state index contributed by atoms with van der Waals surface area (Å²) >= 11 is 1.45. The fourth-order valence-electron chi connectivity index (χ4n) is 2.68. The Kier molecular flexibility index (Phi) is 4.72. The Morgan fingerprint density at radius 1 is 1.04 bits per heavy atom. The first-order chi connectivity index (χ1) is 13.1. The number of hydrogen-bond acceptors (Lipinski definition) is 7. The zero-order valence-electron chi connectivity index (χ0n) is 15.2. The maximum Gasteiger partial charge on any atom is 0.277 e. The van der Waals surface area contributed by atoms with Crippen molar-refractivity contribution in [2.75, 3.05) is 14.2 Å².